The lowest BCUT2D eigenvalue weighted by molar-refractivity contribution is -0.134. The molecule has 1 atom stereocenters. The molecule has 2 N–H and O–H groups in total. The Morgan fingerprint density at radius 2 is 2.13 bits per heavy atom. The monoisotopic (exact) mass is 360 g/mol. The van der Waals surface area contributed by atoms with Crippen molar-refractivity contribution in [1.29, 1.82) is 0 Å². The highest BCUT2D eigenvalue weighted by Gasteiger charge is 2.34. The van der Waals surface area contributed by atoms with E-state index in [1.165, 1.54) is 0 Å². The van der Waals surface area contributed by atoms with Crippen LogP contribution >= 0.6 is 24.0 Å². The third kappa shape index (κ3) is 5.55. The molecule has 0 aromatic heterocycles. The Labute approximate surface area is 149 Å². The van der Waals surface area contributed by atoms with Crippen molar-refractivity contribution >= 4 is 29.9 Å². The van der Waals surface area contributed by atoms with E-state index in [1.807, 2.05) is 23.1 Å². The number of nitrogens with zero attached hydrogens (tertiary/aromatic N) is 1. The lowest BCUT2D eigenvalue weighted by Crippen LogP contribution is -2.54. The van der Waals surface area contributed by atoms with Gasteiger partial charge >= 0.3 is 0 Å². The quantitative estimate of drug-likeness (QED) is 0.817. The number of para-hydroxylation sites is 1. The number of benzene rings is 1. The summed E-state index contributed by atoms with van der Waals surface area (Å²) in [5, 5.41) is 0.598. The van der Waals surface area contributed by atoms with Crippen molar-refractivity contribution in [2.45, 2.75) is 39.2 Å². The second-order valence-electron chi connectivity index (χ2n) is 6.58. The Hall–Kier alpha value is -0.970. The normalized spacial score (nSPS) is 19.8. The minimum atomic E-state index is -0.0119. The summed E-state index contributed by atoms with van der Waals surface area (Å²) in [4.78, 5) is 14.2. The molecular formula is C17H26Cl2N2O2. The molecular weight excluding hydrogens is 335 g/mol. The van der Waals surface area contributed by atoms with Crippen LogP contribution in [0.15, 0.2) is 24.3 Å². The average Bonchev–Trinajstić information content (AvgIpc) is 2.48. The van der Waals surface area contributed by atoms with Gasteiger partial charge in [-0.1, -0.05) is 37.6 Å². The Morgan fingerprint density at radius 3 is 2.78 bits per heavy atom. The first kappa shape index (κ1) is 20.1. The highest BCUT2D eigenvalue weighted by Crippen LogP contribution is 2.28. The van der Waals surface area contributed by atoms with Crippen LogP contribution in [0.5, 0.6) is 5.75 Å². The van der Waals surface area contributed by atoms with Crippen LogP contribution in [-0.2, 0) is 4.79 Å². The average molecular weight is 361 g/mol. The predicted molar refractivity (Wildman–Crippen MR) is 96.4 cm³/mol. The Morgan fingerprint density at radius 1 is 1.43 bits per heavy atom. The highest BCUT2D eigenvalue weighted by molar-refractivity contribution is 6.32. The van der Waals surface area contributed by atoms with E-state index in [1.54, 1.807) is 6.07 Å². The van der Waals surface area contributed by atoms with Gasteiger partial charge < -0.3 is 15.4 Å². The SMILES string of the molecule is CC1(C)CN(C(=O)CCCOc2ccccc2Cl)CCC1N.Cl. The minimum absolute atomic E-state index is 0. The molecule has 1 aromatic rings. The lowest BCUT2D eigenvalue weighted by atomic mass is 9.79. The number of piperidine rings is 1. The summed E-state index contributed by atoms with van der Waals surface area (Å²) in [6.07, 6.45) is 2.05. The molecule has 0 bridgehead atoms. The van der Waals surface area contributed by atoms with Gasteiger partial charge in [-0.05, 0) is 30.4 Å². The van der Waals surface area contributed by atoms with E-state index in [0.717, 1.165) is 19.5 Å². The Balaban J connectivity index is 0.00000264. The Kier molecular flexibility index (Phi) is 7.65. The standard InChI is InChI=1S/C17H25ClN2O2.ClH/c1-17(2)12-20(10-9-15(17)19)16(21)8-5-11-22-14-7-4-3-6-13(14)18;/h3-4,6-7,15H,5,8-12,19H2,1-2H3;1H. The summed E-state index contributed by atoms with van der Waals surface area (Å²) in [6, 6.07) is 7.53. The second kappa shape index (κ2) is 8.76. The summed E-state index contributed by atoms with van der Waals surface area (Å²) in [5.74, 6) is 0.851. The molecule has 1 unspecified atom stereocenters. The van der Waals surface area contributed by atoms with E-state index in [-0.39, 0.29) is 29.8 Å². The molecule has 130 valence electrons. The molecule has 0 aliphatic carbocycles. The van der Waals surface area contributed by atoms with Gasteiger partial charge in [-0.25, -0.2) is 0 Å². The highest BCUT2D eigenvalue weighted by atomic mass is 35.5. The van der Waals surface area contributed by atoms with Crippen molar-refractivity contribution in [3.8, 4) is 5.75 Å². The second-order valence-corrected chi connectivity index (χ2v) is 6.99. The fraction of sp³-hybridized carbons (Fsp3) is 0.588. The van der Waals surface area contributed by atoms with Gasteiger partial charge in [0.05, 0.1) is 11.6 Å². The van der Waals surface area contributed by atoms with Gasteiger partial charge in [-0.15, -0.1) is 12.4 Å². The van der Waals surface area contributed by atoms with Crippen molar-refractivity contribution in [1.82, 2.24) is 4.90 Å². The number of halogens is 2. The molecule has 0 radical (unpaired) electrons. The number of likely N-dealkylation sites (tertiary alicyclic amines) is 1. The largest absolute Gasteiger partial charge is 0.492 e. The van der Waals surface area contributed by atoms with Gasteiger partial charge in [0.2, 0.25) is 5.91 Å². The molecule has 23 heavy (non-hydrogen) atoms. The molecule has 2 rings (SSSR count). The third-order valence-corrected chi connectivity index (χ3v) is 4.61. The fourth-order valence-corrected chi connectivity index (χ4v) is 2.90. The van der Waals surface area contributed by atoms with Crippen LogP contribution in [0.3, 0.4) is 0 Å². The first-order chi connectivity index (χ1) is 10.4. The number of hydrogen-bond acceptors (Lipinski definition) is 3. The van der Waals surface area contributed by atoms with Crippen LogP contribution in [0, 0.1) is 5.41 Å². The van der Waals surface area contributed by atoms with E-state index >= 15 is 0 Å². The molecule has 1 aliphatic rings. The van der Waals surface area contributed by atoms with E-state index in [9.17, 15) is 4.79 Å². The summed E-state index contributed by atoms with van der Waals surface area (Å²) in [6.45, 7) is 6.23. The maximum absolute atomic E-state index is 12.3. The zero-order valence-electron chi connectivity index (χ0n) is 13.8. The summed E-state index contributed by atoms with van der Waals surface area (Å²) in [5.41, 5.74) is 6.09. The number of ether oxygens (including phenoxy) is 1. The third-order valence-electron chi connectivity index (χ3n) is 4.29. The number of carbonyl (C=O) groups excluding carboxylic acids is 1. The molecule has 6 heteroatoms. The van der Waals surface area contributed by atoms with Gasteiger partial charge in [0, 0.05) is 25.6 Å². The Bertz CT molecular complexity index is 523. The smallest absolute Gasteiger partial charge is 0.222 e. The van der Waals surface area contributed by atoms with Gasteiger partial charge in [0.15, 0.2) is 0 Å². The zero-order chi connectivity index (χ0) is 16.2. The van der Waals surface area contributed by atoms with Crippen LogP contribution in [0.1, 0.15) is 33.1 Å². The van der Waals surface area contributed by atoms with Crippen molar-refractivity contribution in [2.75, 3.05) is 19.7 Å². The summed E-state index contributed by atoms with van der Waals surface area (Å²) < 4.78 is 5.61. The van der Waals surface area contributed by atoms with E-state index < -0.39 is 0 Å². The molecule has 4 nitrogen and oxygen atoms in total. The zero-order valence-corrected chi connectivity index (χ0v) is 15.3. The molecule has 1 aromatic carbocycles. The van der Waals surface area contributed by atoms with Crippen LogP contribution in [0.4, 0.5) is 0 Å². The number of hydrogen-bond donors (Lipinski definition) is 1. The topological polar surface area (TPSA) is 55.6 Å². The fourth-order valence-electron chi connectivity index (χ4n) is 2.71. The van der Waals surface area contributed by atoms with E-state index in [2.05, 4.69) is 13.8 Å². The predicted octanol–water partition coefficient (Wildman–Crippen LogP) is 3.51. The van der Waals surface area contributed by atoms with Crippen LogP contribution in [0.25, 0.3) is 0 Å². The van der Waals surface area contributed by atoms with Gasteiger partial charge in [-0.2, -0.15) is 0 Å². The molecule has 1 amide bonds. The van der Waals surface area contributed by atoms with Crippen molar-refractivity contribution in [3.63, 3.8) is 0 Å². The molecule has 1 aliphatic heterocycles. The van der Waals surface area contributed by atoms with Gasteiger partial charge in [0.25, 0.3) is 0 Å². The van der Waals surface area contributed by atoms with Crippen molar-refractivity contribution in [3.05, 3.63) is 29.3 Å². The minimum Gasteiger partial charge on any atom is -0.492 e. The molecule has 0 spiro atoms. The van der Waals surface area contributed by atoms with Gasteiger partial charge in [-0.3, -0.25) is 4.79 Å². The van der Waals surface area contributed by atoms with Crippen LogP contribution in [-0.4, -0.2) is 36.5 Å². The van der Waals surface area contributed by atoms with E-state index in [0.29, 0.717) is 30.2 Å². The first-order valence-electron chi connectivity index (χ1n) is 7.81. The molecule has 0 saturated carbocycles. The summed E-state index contributed by atoms with van der Waals surface area (Å²) in [7, 11) is 0. The van der Waals surface area contributed by atoms with Crippen molar-refractivity contribution in [2.24, 2.45) is 11.1 Å². The van der Waals surface area contributed by atoms with Crippen LogP contribution < -0.4 is 10.5 Å². The summed E-state index contributed by atoms with van der Waals surface area (Å²) >= 11 is 6.02. The molecule has 1 fully saturated rings. The first-order valence-corrected chi connectivity index (χ1v) is 8.18. The number of nitrogens with two attached hydrogens (primary N) is 1. The number of carbonyl (C=O) groups is 1. The molecule has 1 heterocycles. The lowest BCUT2D eigenvalue weighted by Gasteiger charge is -2.42. The number of rotatable bonds is 5. The maximum atomic E-state index is 12.3. The van der Waals surface area contributed by atoms with E-state index in [4.69, 9.17) is 22.1 Å². The van der Waals surface area contributed by atoms with Crippen LogP contribution in [0.2, 0.25) is 5.02 Å². The maximum Gasteiger partial charge on any atom is 0.222 e. The van der Waals surface area contributed by atoms with Gasteiger partial charge in [0.1, 0.15) is 5.75 Å². The number of amides is 1. The van der Waals surface area contributed by atoms with Crippen molar-refractivity contribution < 1.29 is 9.53 Å². The molecule has 1 saturated heterocycles.